The number of nitrogens with zero attached hydrogens (tertiary/aromatic N) is 3. The molecule has 0 spiro atoms. The van der Waals surface area contributed by atoms with Gasteiger partial charge >= 0.3 is 0 Å². The van der Waals surface area contributed by atoms with Crippen LogP contribution in [-0.2, 0) is 0 Å². The second-order valence-electron chi connectivity index (χ2n) is 4.95. The van der Waals surface area contributed by atoms with Gasteiger partial charge in [-0.1, -0.05) is 42.2 Å². The summed E-state index contributed by atoms with van der Waals surface area (Å²) in [4.78, 5) is 8.39. The van der Waals surface area contributed by atoms with E-state index < -0.39 is 6.10 Å². The Bertz CT molecular complexity index is 591. The summed E-state index contributed by atoms with van der Waals surface area (Å²) in [5.74, 6) is 0.588. The van der Waals surface area contributed by atoms with Gasteiger partial charge in [0.25, 0.3) is 0 Å². The molecule has 7 heteroatoms. The van der Waals surface area contributed by atoms with Gasteiger partial charge in [-0.3, -0.25) is 0 Å². The van der Waals surface area contributed by atoms with Gasteiger partial charge in [0.05, 0.1) is 22.1 Å². The van der Waals surface area contributed by atoms with Gasteiger partial charge < -0.3 is 9.63 Å². The molecule has 0 aliphatic carbocycles. The maximum atomic E-state index is 9.82. The average Bonchev–Trinajstić information content (AvgIpc) is 2.76. The number of aliphatic hydroxyl groups excluding tert-OH is 1. The molecule has 2 atom stereocenters. The predicted molar refractivity (Wildman–Crippen MR) is 76.8 cm³/mol. The number of aliphatic hydroxyl groups is 1. The summed E-state index contributed by atoms with van der Waals surface area (Å²) in [6.45, 7) is 5.66. The van der Waals surface area contributed by atoms with E-state index in [1.54, 1.807) is 13.0 Å². The molecule has 0 fully saturated rings. The van der Waals surface area contributed by atoms with E-state index in [9.17, 15) is 5.11 Å². The highest BCUT2D eigenvalue weighted by Crippen LogP contribution is 2.30. The van der Waals surface area contributed by atoms with E-state index in [1.165, 1.54) is 6.20 Å². The van der Waals surface area contributed by atoms with E-state index in [0.717, 1.165) is 0 Å². The average molecular weight is 316 g/mol. The SMILES string of the molecule is CC(C)C(c1nc(-c2ncc(Cl)cc2Cl)no1)C(C)O. The maximum absolute atomic E-state index is 9.82. The minimum absolute atomic E-state index is 0.164. The van der Waals surface area contributed by atoms with Crippen LogP contribution < -0.4 is 0 Å². The van der Waals surface area contributed by atoms with Crippen LogP contribution in [0.15, 0.2) is 16.8 Å². The van der Waals surface area contributed by atoms with Gasteiger partial charge in [-0.05, 0) is 18.9 Å². The molecule has 5 nitrogen and oxygen atoms in total. The molecule has 2 aromatic rings. The molecule has 2 aromatic heterocycles. The fourth-order valence-corrected chi connectivity index (χ4v) is 2.56. The third-order valence-electron chi connectivity index (χ3n) is 2.98. The van der Waals surface area contributed by atoms with Crippen LogP contribution >= 0.6 is 23.2 Å². The number of rotatable bonds is 4. The van der Waals surface area contributed by atoms with Crippen LogP contribution in [-0.4, -0.2) is 26.3 Å². The number of hydrogen-bond donors (Lipinski definition) is 1. The summed E-state index contributed by atoms with van der Waals surface area (Å²) in [7, 11) is 0. The van der Waals surface area contributed by atoms with Crippen LogP contribution in [0.5, 0.6) is 0 Å². The number of pyridine rings is 1. The van der Waals surface area contributed by atoms with Gasteiger partial charge in [0.15, 0.2) is 0 Å². The van der Waals surface area contributed by atoms with Crippen molar-refractivity contribution >= 4 is 23.2 Å². The normalized spacial score (nSPS) is 14.6. The van der Waals surface area contributed by atoms with Crippen LogP contribution in [0, 0.1) is 5.92 Å². The molecule has 0 amide bonds. The minimum Gasteiger partial charge on any atom is -0.393 e. The van der Waals surface area contributed by atoms with Crippen molar-refractivity contribution in [3.8, 4) is 11.5 Å². The van der Waals surface area contributed by atoms with Gasteiger partial charge in [-0.15, -0.1) is 0 Å². The molecule has 0 saturated carbocycles. The molecule has 0 radical (unpaired) electrons. The Morgan fingerprint density at radius 2 is 1.95 bits per heavy atom. The zero-order chi connectivity index (χ0) is 14.9. The molecule has 108 valence electrons. The first-order valence-corrected chi connectivity index (χ1v) is 6.98. The first-order chi connectivity index (χ1) is 9.40. The van der Waals surface area contributed by atoms with Crippen molar-refractivity contribution in [1.82, 2.24) is 15.1 Å². The number of hydrogen-bond acceptors (Lipinski definition) is 5. The molecule has 0 saturated heterocycles. The molecule has 0 aliphatic heterocycles. The molecular formula is C13H15Cl2N3O2. The fraction of sp³-hybridized carbons (Fsp3) is 0.462. The molecule has 0 aliphatic rings. The summed E-state index contributed by atoms with van der Waals surface area (Å²) in [6.07, 6.45) is 0.880. The molecule has 0 aromatic carbocycles. The van der Waals surface area contributed by atoms with E-state index in [-0.39, 0.29) is 17.7 Å². The second kappa shape index (κ2) is 6.08. The first kappa shape index (κ1) is 15.2. The van der Waals surface area contributed by atoms with Gasteiger partial charge in [0.1, 0.15) is 5.69 Å². The zero-order valence-corrected chi connectivity index (χ0v) is 12.9. The topological polar surface area (TPSA) is 72.0 Å². The predicted octanol–water partition coefficient (Wildman–Crippen LogP) is 3.56. The zero-order valence-electron chi connectivity index (χ0n) is 11.3. The molecule has 0 bridgehead atoms. The first-order valence-electron chi connectivity index (χ1n) is 6.23. The lowest BCUT2D eigenvalue weighted by Gasteiger charge is -2.19. The summed E-state index contributed by atoms with van der Waals surface area (Å²) in [5.41, 5.74) is 0.402. The summed E-state index contributed by atoms with van der Waals surface area (Å²) < 4.78 is 5.24. The third-order valence-corrected chi connectivity index (χ3v) is 3.48. The van der Waals surface area contributed by atoms with E-state index in [2.05, 4.69) is 15.1 Å². The highest BCUT2D eigenvalue weighted by molar-refractivity contribution is 6.35. The highest BCUT2D eigenvalue weighted by Gasteiger charge is 2.28. The Kier molecular flexibility index (Phi) is 4.62. The summed E-state index contributed by atoms with van der Waals surface area (Å²) in [6, 6.07) is 1.57. The minimum atomic E-state index is -0.586. The molecule has 2 rings (SSSR count). The van der Waals surface area contributed by atoms with Crippen LogP contribution in [0.1, 0.15) is 32.6 Å². The van der Waals surface area contributed by atoms with E-state index in [4.69, 9.17) is 27.7 Å². The van der Waals surface area contributed by atoms with Crippen LogP contribution in [0.2, 0.25) is 10.0 Å². The summed E-state index contributed by atoms with van der Waals surface area (Å²) in [5, 5.41) is 14.5. The van der Waals surface area contributed by atoms with Gasteiger partial charge in [0, 0.05) is 6.20 Å². The number of halogens is 2. The monoisotopic (exact) mass is 315 g/mol. The van der Waals surface area contributed by atoms with Crippen LogP contribution in [0.4, 0.5) is 0 Å². The van der Waals surface area contributed by atoms with Crippen molar-refractivity contribution in [1.29, 1.82) is 0 Å². The quantitative estimate of drug-likeness (QED) is 0.934. The lowest BCUT2D eigenvalue weighted by molar-refractivity contribution is 0.120. The largest absolute Gasteiger partial charge is 0.393 e. The Hall–Kier alpha value is -1.17. The van der Waals surface area contributed by atoms with Gasteiger partial charge in [-0.25, -0.2) is 4.98 Å². The van der Waals surface area contributed by atoms with Gasteiger partial charge in [0.2, 0.25) is 11.7 Å². The molecule has 1 N–H and O–H groups in total. The second-order valence-corrected chi connectivity index (χ2v) is 5.79. The number of aromatic nitrogens is 3. The highest BCUT2D eigenvalue weighted by atomic mass is 35.5. The third kappa shape index (κ3) is 3.11. The summed E-state index contributed by atoms with van der Waals surface area (Å²) >= 11 is 11.9. The Morgan fingerprint density at radius 1 is 1.25 bits per heavy atom. The van der Waals surface area contributed by atoms with Crippen molar-refractivity contribution in [2.45, 2.75) is 32.8 Å². The molecule has 2 unspecified atom stereocenters. The molecular weight excluding hydrogens is 301 g/mol. The lowest BCUT2D eigenvalue weighted by Crippen LogP contribution is -2.20. The van der Waals surface area contributed by atoms with Crippen molar-refractivity contribution in [3.05, 3.63) is 28.2 Å². The van der Waals surface area contributed by atoms with E-state index in [0.29, 0.717) is 21.6 Å². The van der Waals surface area contributed by atoms with Crippen LogP contribution in [0.25, 0.3) is 11.5 Å². The van der Waals surface area contributed by atoms with E-state index >= 15 is 0 Å². The van der Waals surface area contributed by atoms with Crippen molar-refractivity contribution < 1.29 is 9.63 Å². The van der Waals surface area contributed by atoms with E-state index in [1.807, 2.05) is 13.8 Å². The van der Waals surface area contributed by atoms with Crippen molar-refractivity contribution in [3.63, 3.8) is 0 Å². The molecule has 20 heavy (non-hydrogen) atoms. The van der Waals surface area contributed by atoms with Crippen LogP contribution in [0.3, 0.4) is 0 Å². The van der Waals surface area contributed by atoms with Gasteiger partial charge in [-0.2, -0.15) is 4.98 Å². The smallest absolute Gasteiger partial charge is 0.232 e. The molecule has 2 heterocycles. The fourth-order valence-electron chi connectivity index (χ4n) is 2.09. The van der Waals surface area contributed by atoms with Crippen molar-refractivity contribution in [2.24, 2.45) is 5.92 Å². The standard InChI is InChI=1S/C13H15Cl2N3O2/c1-6(2)10(7(3)19)13-17-12(18-20-13)11-9(15)4-8(14)5-16-11/h4-7,10,19H,1-3H3. The lowest BCUT2D eigenvalue weighted by atomic mass is 9.91. The van der Waals surface area contributed by atoms with Crippen molar-refractivity contribution in [2.75, 3.05) is 0 Å². The maximum Gasteiger partial charge on any atom is 0.232 e. The Labute approximate surface area is 126 Å². The Balaban J connectivity index is 2.37. The Morgan fingerprint density at radius 3 is 2.50 bits per heavy atom.